The minimum Gasteiger partial charge on any atom is -0.454 e. The number of fused-ring (bicyclic) bond motifs is 9. The van der Waals surface area contributed by atoms with Gasteiger partial charge in [0.1, 0.15) is 5.58 Å². The largest absolute Gasteiger partial charge is 0.454 e. The van der Waals surface area contributed by atoms with Crippen LogP contribution in [0.3, 0.4) is 0 Å². The van der Waals surface area contributed by atoms with Gasteiger partial charge in [0.2, 0.25) is 0 Å². The van der Waals surface area contributed by atoms with Gasteiger partial charge in [-0.1, -0.05) is 84.9 Å². The molecule has 0 aliphatic heterocycles. The summed E-state index contributed by atoms with van der Waals surface area (Å²) in [5, 5.41) is 7.42. The molecule has 3 aromatic heterocycles. The van der Waals surface area contributed by atoms with Crippen LogP contribution < -0.4 is 0 Å². The number of para-hydroxylation sites is 3. The van der Waals surface area contributed by atoms with Crippen LogP contribution in [0, 0.1) is 0 Å². The van der Waals surface area contributed by atoms with E-state index in [1.165, 1.54) is 53.1 Å². The molecule has 39 heavy (non-hydrogen) atoms. The predicted molar refractivity (Wildman–Crippen MR) is 166 cm³/mol. The number of rotatable bonds is 2. The molecule has 0 atom stereocenters. The van der Waals surface area contributed by atoms with Crippen LogP contribution in [0.4, 0.5) is 0 Å². The van der Waals surface area contributed by atoms with E-state index in [2.05, 4.69) is 132 Å². The molecule has 0 unspecified atom stereocenters. The first-order chi connectivity index (χ1) is 19.3. The van der Waals surface area contributed by atoms with Gasteiger partial charge in [0.05, 0.1) is 16.7 Å². The average Bonchev–Trinajstić information content (AvgIpc) is 3.66. The Morgan fingerprint density at radius 3 is 1.87 bits per heavy atom. The molecule has 3 heteroatoms. The van der Waals surface area contributed by atoms with E-state index in [4.69, 9.17) is 4.42 Å². The Labute approximate surface area is 227 Å². The van der Waals surface area contributed by atoms with Gasteiger partial charge in [-0.15, -0.1) is 11.3 Å². The van der Waals surface area contributed by atoms with E-state index >= 15 is 0 Å². The Bertz CT molecular complexity index is 2350. The summed E-state index contributed by atoms with van der Waals surface area (Å²) in [5.74, 6) is 0. The molecule has 9 rings (SSSR count). The van der Waals surface area contributed by atoms with Crippen molar-refractivity contribution in [1.82, 2.24) is 4.57 Å². The molecule has 0 N–H and O–H groups in total. The quantitative estimate of drug-likeness (QED) is 0.224. The highest BCUT2D eigenvalue weighted by Gasteiger charge is 2.17. The lowest BCUT2D eigenvalue weighted by molar-refractivity contribution is 0.666. The number of furan rings is 1. The van der Waals surface area contributed by atoms with Crippen LogP contribution in [0.1, 0.15) is 0 Å². The van der Waals surface area contributed by atoms with Crippen LogP contribution >= 0.6 is 11.3 Å². The summed E-state index contributed by atoms with van der Waals surface area (Å²) in [7, 11) is 0. The lowest BCUT2D eigenvalue weighted by Gasteiger charge is -2.08. The third-order valence-electron chi connectivity index (χ3n) is 8.01. The molecule has 9 aromatic rings. The highest BCUT2D eigenvalue weighted by molar-refractivity contribution is 7.25. The van der Waals surface area contributed by atoms with Crippen LogP contribution in [0.15, 0.2) is 132 Å². The second kappa shape index (κ2) is 7.83. The van der Waals surface area contributed by atoms with E-state index in [1.807, 2.05) is 11.3 Å². The molecule has 182 valence electrons. The molecule has 0 saturated heterocycles. The monoisotopic (exact) mass is 515 g/mol. The van der Waals surface area contributed by atoms with E-state index < -0.39 is 0 Å². The minimum atomic E-state index is 0.909. The smallest absolute Gasteiger partial charge is 0.159 e. The predicted octanol–water partition coefficient (Wildman–Crippen LogP) is 10.7. The SMILES string of the molecule is c1ccc2c(c1)sc1cc(-c3ccc4c(c3)oc3c(-n5c6ccccc6c6ccccc65)cccc34)ccc12. The van der Waals surface area contributed by atoms with Crippen LogP contribution in [-0.4, -0.2) is 4.57 Å². The summed E-state index contributed by atoms with van der Waals surface area (Å²) in [6.07, 6.45) is 0. The lowest BCUT2D eigenvalue weighted by Crippen LogP contribution is -1.93. The average molecular weight is 516 g/mol. The molecule has 0 aliphatic carbocycles. The van der Waals surface area contributed by atoms with Gasteiger partial charge in [0.15, 0.2) is 5.58 Å². The first-order valence-corrected chi connectivity index (χ1v) is 14.0. The van der Waals surface area contributed by atoms with Gasteiger partial charge in [-0.25, -0.2) is 0 Å². The fraction of sp³-hybridized carbons (Fsp3) is 0. The zero-order valence-electron chi connectivity index (χ0n) is 20.9. The topological polar surface area (TPSA) is 18.1 Å². The Morgan fingerprint density at radius 1 is 0.462 bits per heavy atom. The second-order valence-corrected chi connectivity index (χ2v) is 11.2. The summed E-state index contributed by atoms with van der Waals surface area (Å²) >= 11 is 1.85. The van der Waals surface area contributed by atoms with Crippen LogP contribution in [0.25, 0.3) is 80.7 Å². The third-order valence-corrected chi connectivity index (χ3v) is 9.14. The van der Waals surface area contributed by atoms with Gasteiger partial charge in [0, 0.05) is 41.7 Å². The van der Waals surface area contributed by atoms with Crippen molar-refractivity contribution in [3.8, 4) is 16.8 Å². The molecule has 0 spiro atoms. The summed E-state index contributed by atoms with van der Waals surface area (Å²) in [5.41, 5.74) is 7.63. The summed E-state index contributed by atoms with van der Waals surface area (Å²) in [6.45, 7) is 0. The maximum absolute atomic E-state index is 6.68. The molecule has 0 saturated carbocycles. The van der Waals surface area contributed by atoms with Crippen molar-refractivity contribution in [1.29, 1.82) is 0 Å². The number of hydrogen-bond acceptors (Lipinski definition) is 2. The van der Waals surface area contributed by atoms with E-state index in [0.717, 1.165) is 27.6 Å². The van der Waals surface area contributed by atoms with Gasteiger partial charge in [-0.05, 0) is 53.6 Å². The van der Waals surface area contributed by atoms with Crippen molar-refractivity contribution in [2.45, 2.75) is 0 Å². The minimum absolute atomic E-state index is 0.909. The number of thiophene rings is 1. The van der Waals surface area contributed by atoms with Crippen LogP contribution in [0.5, 0.6) is 0 Å². The van der Waals surface area contributed by atoms with Crippen molar-refractivity contribution >= 4 is 75.3 Å². The number of nitrogens with zero attached hydrogens (tertiary/aromatic N) is 1. The van der Waals surface area contributed by atoms with Crippen LogP contribution in [0.2, 0.25) is 0 Å². The van der Waals surface area contributed by atoms with Gasteiger partial charge < -0.3 is 8.98 Å². The van der Waals surface area contributed by atoms with Gasteiger partial charge in [-0.3, -0.25) is 0 Å². The maximum atomic E-state index is 6.68. The zero-order valence-corrected chi connectivity index (χ0v) is 21.7. The normalized spacial score (nSPS) is 12.1. The Kier molecular flexibility index (Phi) is 4.24. The lowest BCUT2D eigenvalue weighted by atomic mass is 10.0. The number of aromatic nitrogens is 1. The van der Waals surface area contributed by atoms with Crippen molar-refractivity contribution < 1.29 is 4.42 Å². The molecule has 6 aromatic carbocycles. The maximum Gasteiger partial charge on any atom is 0.159 e. The Hall–Kier alpha value is -4.86. The molecule has 0 amide bonds. The number of benzene rings is 6. The van der Waals surface area contributed by atoms with E-state index in [-0.39, 0.29) is 0 Å². The summed E-state index contributed by atoms with van der Waals surface area (Å²) in [6, 6.07) is 45.8. The highest BCUT2D eigenvalue weighted by Crippen LogP contribution is 2.40. The molecule has 2 nitrogen and oxygen atoms in total. The van der Waals surface area contributed by atoms with Gasteiger partial charge >= 0.3 is 0 Å². The molecule has 0 bridgehead atoms. The Morgan fingerprint density at radius 2 is 1.08 bits per heavy atom. The van der Waals surface area contributed by atoms with Crippen molar-refractivity contribution in [3.05, 3.63) is 127 Å². The van der Waals surface area contributed by atoms with Crippen LogP contribution in [-0.2, 0) is 0 Å². The molecular weight excluding hydrogens is 494 g/mol. The van der Waals surface area contributed by atoms with Gasteiger partial charge in [0.25, 0.3) is 0 Å². The summed E-state index contributed by atoms with van der Waals surface area (Å²) in [4.78, 5) is 0. The molecule has 0 radical (unpaired) electrons. The standard InChI is InChI=1S/C36H21NOS/c1-4-12-30-24(8-1)25-9-2-5-13-31(25)37(30)32-14-7-11-29-26-18-16-22(20-33(26)38-36(29)32)23-17-19-28-27-10-3-6-15-34(27)39-35(28)21-23/h1-21H. The molecule has 0 aliphatic rings. The van der Waals surface area contributed by atoms with Crippen molar-refractivity contribution in [3.63, 3.8) is 0 Å². The second-order valence-electron chi connectivity index (χ2n) is 10.1. The first kappa shape index (κ1) is 21.1. The van der Waals surface area contributed by atoms with Crippen molar-refractivity contribution in [2.24, 2.45) is 0 Å². The number of hydrogen-bond donors (Lipinski definition) is 0. The van der Waals surface area contributed by atoms with E-state index in [9.17, 15) is 0 Å². The van der Waals surface area contributed by atoms with Gasteiger partial charge in [-0.2, -0.15) is 0 Å². The fourth-order valence-corrected chi connectivity index (χ4v) is 7.37. The Balaban J connectivity index is 1.26. The van der Waals surface area contributed by atoms with E-state index in [1.54, 1.807) is 0 Å². The fourth-order valence-electron chi connectivity index (χ4n) is 6.23. The van der Waals surface area contributed by atoms with Crippen molar-refractivity contribution in [2.75, 3.05) is 0 Å². The highest BCUT2D eigenvalue weighted by atomic mass is 32.1. The summed E-state index contributed by atoms with van der Waals surface area (Å²) < 4.78 is 11.7. The first-order valence-electron chi connectivity index (χ1n) is 13.2. The third kappa shape index (κ3) is 2.96. The molecule has 0 fully saturated rings. The van der Waals surface area contributed by atoms with E-state index in [0.29, 0.717) is 0 Å². The molecule has 3 heterocycles. The zero-order chi connectivity index (χ0) is 25.5. The molecular formula is C36H21NOS.